The Hall–Kier alpha value is -1.54. The highest BCUT2D eigenvalue weighted by molar-refractivity contribution is 9.10. The molecule has 1 atom stereocenters. The summed E-state index contributed by atoms with van der Waals surface area (Å²) in [5, 5.41) is 9.02. The molecule has 1 aliphatic rings. The Labute approximate surface area is 128 Å². The first kappa shape index (κ1) is 14.9. The van der Waals surface area contributed by atoms with Crippen molar-refractivity contribution in [2.75, 3.05) is 25.0 Å². The van der Waals surface area contributed by atoms with Gasteiger partial charge in [0.1, 0.15) is 6.04 Å². The lowest BCUT2D eigenvalue weighted by molar-refractivity contribution is -0.130. The molecule has 1 aromatic carbocycles. The van der Waals surface area contributed by atoms with Crippen LogP contribution in [-0.2, 0) is 4.79 Å². The summed E-state index contributed by atoms with van der Waals surface area (Å²) in [5.74, 6) is 0.0321. The van der Waals surface area contributed by atoms with Crippen LogP contribution in [0.3, 0.4) is 0 Å². The van der Waals surface area contributed by atoms with E-state index in [0.29, 0.717) is 0 Å². The summed E-state index contributed by atoms with van der Waals surface area (Å²) in [6.07, 6.45) is 1.14. The van der Waals surface area contributed by atoms with Gasteiger partial charge in [0.05, 0.1) is 12.5 Å². The van der Waals surface area contributed by atoms with Gasteiger partial charge in [-0.15, -0.1) is 0 Å². The van der Waals surface area contributed by atoms with E-state index in [1.165, 1.54) is 0 Å². The van der Waals surface area contributed by atoms with E-state index in [4.69, 9.17) is 5.26 Å². The van der Waals surface area contributed by atoms with Gasteiger partial charge in [0.25, 0.3) is 0 Å². The lowest BCUT2D eigenvalue weighted by Crippen LogP contribution is -2.44. The standard InChI is InChI=1S/C15H18BrN3O/c1-11-10-12(4-5-13(11)16)19-9-3-8-18(2)15(20)14(19)6-7-17/h4-5,10,14H,3,6,8-9H2,1-2H3. The number of halogens is 1. The number of hydrogen-bond acceptors (Lipinski definition) is 3. The molecule has 0 aliphatic carbocycles. The van der Waals surface area contributed by atoms with Crippen LogP contribution >= 0.6 is 15.9 Å². The molecule has 1 aliphatic heterocycles. The summed E-state index contributed by atoms with van der Waals surface area (Å²) in [5.41, 5.74) is 2.14. The van der Waals surface area contributed by atoms with E-state index in [2.05, 4.69) is 33.0 Å². The predicted molar refractivity (Wildman–Crippen MR) is 82.5 cm³/mol. The maximum absolute atomic E-state index is 12.4. The molecule has 5 heteroatoms. The van der Waals surface area contributed by atoms with Crippen molar-refractivity contribution in [1.29, 1.82) is 5.26 Å². The zero-order valence-corrected chi connectivity index (χ0v) is 13.4. The number of aryl methyl sites for hydroxylation is 1. The number of anilines is 1. The van der Waals surface area contributed by atoms with Crippen LogP contribution in [0.25, 0.3) is 0 Å². The molecule has 0 radical (unpaired) electrons. The van der Waals surface area contributed by atoms with E-state index < -0.39 is 0 Å². The molecular formula is C15H18BrN3O. The Morgan fingerprint density at radius 1 is 1.45 bits per heavy atom. The highest BCUT2D eigenvalue weighted by Gasteiger charge is 2.31. The van der Waals surface area contributed by atoms with E-state index >= 15 is 0 Å². The Kier molecular flexibility index (Phi) is 4.66. The highest BCUT2D eigenvalue weighted by Crippen LogP contribution is 2.27. The Bertz CT molecular complexity index is 553. The first-order chi connectivity index (χ1) is 9.54. The summed E-state index contributed by atoms with van der Waals surface area (Å²) >= 11 is 3.49. The molecule has 4 nitrogen and oxygen atoms in total. The molecule has 1 saturated heterocycles. The number of likely N-dealkylation sites (N-methyl/N-ethyl adjacent to an activating group) is 1. The molecule has 2 rings (SSSR count). The van der Waals surface area contributed by atoms with Crippen LogP contribution in [0.5, 0.6) is 0 Å². The number of hydrogen-bond donors (Lipinski definition) is 0. The second kappa shape index (κ2) is 6.27. The number of nitriles is 1. The van der Waals surface area contributed by atoms with E-state index in [-0.39, 0.29) is 18.4 Å². The van der Waals surface area contributed by atoms with Crippen LogP contribution in [0.2, 0.25) is 0 Å². The third-order valence-corrected chi connectivity index (χ3v) is 4.58. The molecule has 0 aromatic heterocycles. The van der Waals surface area contributed by atoms with Gasteiger partial charge in [0.15, 0.2) is 0 Å². The Morgan fingerprint density at radius 2 is 2.20 bits per heavy atom. The van der Waals surface area contributed by atoms with Crippen LogP contribution in [-0.4, -0.2) is 37.0 Å². The molecular weight excluding hydrogens is 318 g/mol. The van der Waals surface area contributed by atoms with E-state index in [1.807, 2.05) is 26.1 Å². The SMILES string of the molecule is Cc1cc(N2CCCN(C)C(=O)C2CC#N)ccc1Br. The molecule has 20 heavy (non-hydrogen) atoms. The topological polar surface area (TPSA) is 47.3 Å². The fraction of sp³-hybridized carbons (Fsp3) is 0.467. The van der Waals surface area contributed by atoms with Crippen LogP contribution in [0.1, 0.15) is 18.4 Å². The highest BCUT2D eigenvalue weighted by atomic mass is 79.9. The summed E-state index contributed by atoms with van der Waals surface area (Å²) in [6.45, 7) is 3.56. The second-order valence-electron chi connectivity index (χ2n) is 5.12. The van der Waals surface area contributed by atoms with Gasteiger partial charge in [-0.2, -0.15) is 5.26 Å². The van der Waals surface area contributed by atoms with Crippen molar-refractivity contribution in [3.8, 4) is 6.07 Å². The number of amides is 1. The van der Waals surface area contributed by atoms with Crippen molar-refractivity contribution < 1.29 is 4.79 Å². The third-order valence-electron chi connectivity index (χ3n) is 3.69. The second-order valence-corrected chi connectivity index (χ2v) is 5.97. The summed E-state index contributed by atoms with van der Waals surface area (Å²) in [4.78, 5) is 16.2. The number of carbonyl (C=O) groups is 1. The van der Waals surface area contributed by atoms with Gasteiger partial charge >= 0.3 is 0 Å². The van der Waals surface area contributed by atoms with E-state index in [0.717, 1.165) is 35.2 Å². The molecule has 0 spiro atoms. The minimum Gasteiger partial charge on any atom is -0.359 e. The molecule has 106 valence electrons. The van der Waals surface area contributed by atoms with Crippen molar-refractivity contribution in [1.82, 2.24) is 4.90 Å². The molecule has 1 aromatic rings. The van der Waals surface area contributed by atoms with E-state index in [1.54, 1.807) is 4.90 Å². The normalized spacial score (nSPS) is 19.7. The van der Waals surface area contributed by atoms with Crippen molar-refractivity contribution in [2.24, 2.45) is 0 Å². The number of benzene rings is 1. The maximum atomic E-state index is 12.4. The smallest absolute Gasteiger partial charge is 0.246 e. The van der Waals surface area contributed by atoms with Gasteiger partial charge in [-0.1, -0.05) is 15.9 Å². The molecule has 0 N–H and O–H groups in total. The summed E-state index contributed by atoms with van der Waals surface area (Å²) < 4.78 is 1.05. The van der Waals surface area contributed by atoms with E-state index in [9.17, 15) is 4.79 Å². The fourth-order valence-electron chi connectivity index (χ4n) is 2.53. The molecule has 0 bridgehead atoms. The van der Waals surface area contributed by atoms with Gasteiger partial charge < -0.3 is 9.80 Å². The van der Waals surface area contributed by atoms with Gasteiger partial charge in [0.2, 0.25) is 5.91 Å². The van der Waals surface area contributed by atoms with Crippen molar-refractivity contribution in [3.05, 3.63) is 28.2 Å². The molecule has 0 saturated carbocycles. The lowest BCUT2D eigenvalue weighted by atomic mass is 10.1. The first-order valence-electron chi connectivity index (χ1n) is 6.69. The monoisotopic (exact) mass is 335 g/mol. The van der Waals surface area contributed by atoms with Crippen LogP contribution in [0, 0.1) is 18.3 Å². The summed E-state index contributed by atoms with van der Waals surface area (Å²) in [6, 6.07) is 7.82. The van der Waals surface area contributed by atoms with Gasteiger partial charge in [-0.05, 0) is 37.1 Å². The average molecular weight is 336 g/mol. The van der Waals surface area contributed by atoms with Crippen molar-refractivity contribution in [2.45, 2.75) is 25.8 Å². The zero-order chi connectivity index (χ0) is 14.7. The van der Waals surface area contributed by atoms with Gasteiger partial charge in [0, 0.05) is 30.3 Å². The predicted octanol–water partition coefficient (Wildman–Crippen LogP) is 2.71. The Balaban J connectivity index is 2.37. The van der Waals surface area contributed by atoms with Crippen molar-refractivity contribution in [3.63, 3.8) is 0 Å². The van der Waals surface area contributed by atoms with Gasteiger partial charge in [-0.25, -0.2) is 0 Å². The third kappa shape index (κ3) is 2.96. The number of rotatable bonds is 2. The quantitative estimate of drug-likeness (QED) is 0.834. The average Bonchev–Trinajstić information content (AvgIpc) is 2.56. The number of carbonyl (C=O) groups excluding carboxylic acids is 1. The lowest BCUT2D eigenvalue weighted by Gasteiger charge is -2.30. The van der Waals surface area contributed by atoms with Crippen LogP contribution in [0.4, 0.5) is 5.69 Å². The Morgan fingerprint density at radius 3 is 2.85 bits per heavy atom. The molecule has 1 amide bonds. The summed E-state index contributed by atoms with van der Waals surface area (Å²) in [7, 11) is 1.81. The van der Waals surface area contributed by atoms with Crippen LogP contribution in [0.15, 0.2) is 22.7 Å². The molecule has 1 unspecified atom stereocenters. The molecule has 1 heterocycles. The zero-order valence-electron chi connectivity index (χ0n) is 11.8. The fourth-order valence-corrected chi connectivity index (χ4v) is 2.78. The van der Waals surface area contributed by atoms with Gasteiger partial charge in [-0.3, -0.25) is 4.79 Å². The van der Waals surface area contributed by atoms with Crippen LogP contribution < -0.4 is 4.90 Å². The number of nitrogens with zero attached hydrogens (tertiary/aromatic N) is 3. The maximum Gasteiger partial charge on any atom is 0.246 e. The minimum absolute atomic E-state index is 0.0321. The minimum atomic E-state index is -0.381. The molecule has 1 fully saturated rings. The van der Waals surface area contributed by atoms with Crippen molar-refractivity contribution >= 4 is 27.5 Å². The first-order valence-corrected chi connectivity index (χ1v) is 7.48. The largest absolute Gasteiger partial charge is 0.359 e.